The Labute approximate surface area is 289 Å². The molecule has 0 unspecified atom stereocenters. The standard InChI is InChI=1S/2C16H15ClN2O.C4H4O4/c2*1-2-14-11(9-18)4-3-5-15(14)20-16-8-13(17)7-6-12(16)10-19;5-3(6)1-2-4(7)8/h2*3-8H,2,9,18H2,1H3;1-2H,(H,5,6)(H,7,8)/b;;2-1+. The fraction of sp³-hybridized carbons (Fsp3) is 0.167. The molecule has 12 heteroatoms. The fourth-order valence-corrected chi connectivity index (χ4v) is 4.65. The van der Waals surface area contributed by atoms with Crippen molar-refractivity contribution < 1.29 is 29.3 Å². The van der Waals surface area contributed by atoms with E-state index in [4.69, 9.17) is 64.9 Å². The lowest BCUT2D eigenvalue weighted by atomic mass is 10.0. The van der Waals surface area contributed by atoms with E-state index in [0.29, 0.717) is 69.4 Å². The van der Waals surface area contributed by atoms with Crippen LogP contribution in [-0.4, -0.2) is 22.2 Å². The van der Waals surface area contributed by atoms with Gasteiger partial charge in [0.25, 0.3) is 0 Å². The SMILES string of the molecule is CCc1c(CN)cccc1Oc1cc(Cl)ccc1C#N.CCc1c(CN)cccc1Oc1cc(Cl)ccc1C#N.O=C(O)/C=C/C(=O)O. The average molecular weight is 690 g/mol. The van der Waals surface area contributed by atoms with Gasteiger partial charge in [0.05, 0.1) is 11.1 Å². The minimum Gasteiger partial charge on any atom is -0.478 e. The zero-order chi connectivity index (χ0) is 35.6. The number of nitriles is 2. The summed E-state index contributed by atoms with van der Waals surface area (Å²) in [5.41, 5.74) is 16.6. The van der Waals surface area contributed by atoms with Crippen molar-refractivity contribution in [2.75, 3.05) is 0 Å². The van der Waals surface area contributed by atoms with Gasteiger partial charge in [0.15, 0.2) is 0 Å². The van der Waals surface area contributed by atoms with Crippen LogP contribution in [0.2, 0.25) is 10.0 Å². The first-order valence-electron chi connectivity index (χ1n) is 14.5. The molecule has 0 aliphatic heterocycles. The number of hydrogen-bond donors (Lipinski definition) is 4. The third kappa shape index (κ3) is 11.8. The number of aliphatic carboxylic acids is 2. The number of carbonyl (C=O) groups is 2. The summed E-state index contributed by atoms with van der Waals surface area (Å²) in [5, 5.41) is 34.9. The minimum atomic E-state index is -1.26. The van der Waals surface area contributed by atoms with Gasteiger partial charge in [0.1, 0.15) is 35.1 Å². The summed E-state index contributed by atoms with van der Waals surface area (Å²) in [6, 6.07) is 25.6. The van der Waals surface area contributed by atoms with Crippen molar-refractivity contribution in [2.45, 2.75) is 39.8 Å². The van der Waals surface area contributed by atoms with Crippen LogP contribution in [0.5, 0.6) is 23.0 Å². The van der Waals surface area contributed by atoms with E-state index >= 15 is 0 Å². The molecule has 4 aromatic carbocycles. The molecule has 48 heavy (non-hydrogen) atoms. The molecule has 6 N–H and O–H groups in total. The van der Waals surface area contributed by atoms with E-state index in [1.54, 1.807) is 36.4 Å². The molecular formula is C36H34Cl2N4O6. The number of nitrogens with two attached hydrogens (primary N) is 2. The Bertz CT molecular complexity index is 1710. The summed E-state index contributed by atoms with van der Waals surface area (Å²) in [5.74, 6) is -0.157. The van der Waals surface area contributed by atoms with E-state index < -0.39 is 11.9 Å². The maximum absolute atomic E-state index is 9.55. The van der Waals surface area contributed by atoms with Gasteiger partial charge in [0.2, 0.25) is 0 Å². The van der Waals surface area contributed by atoms with Crippen molar-refractivity contribution in [2.24, 2.45) is 11.5 Å². The molecule has 0 heterocycles. The number of benzene rings is 4. The Morgan fingerprint density at radius 2 is 1.06 bits per heavy atom. The monoisotopic (exact) mass is 688 g/mol. The van der Waals surface area contributed by atoms with E-state index in [0.717, 1.165) is 35.1 Å². The molecule has 0 spiro atoms. The number of halogens is 2. The van der Waals surface area contributed by atoms with Gasteiger partial charge in [-0.3, -0.25) is 0 Å². The first-order valence-corrected chi connectivity index (χ1v) is 15.3. The Morgan fingerprint density at radius 3 is 1.35 bits per heavy atom. The van der Waals surface area contributed by atoms with Gasteiger partial charge in [-0.05, 0) is 71.5 Å². The van der Waals surface area contributed by atoms with E-state index in [9.17, 15) is 9.59 Å². The molecule has 4 aromatic rings. The molecule has 0 aromatic heterocycles. The van der Waals surface area contributed by atoms with Gasteiger partial charge in [-0.25, -0.2) is 9.59 Å². The number of hydrogen-bond acceptors (Lipinski definition) is 8. The van der Waals surface area contributed by atoms with Crippen molar-refractivity contribution in [3.05, 3.63) is 128 Å². The van der Waals surface area contributed by atoms with Crippen LogP contribution >= 0.6 is 23.2 Å². The summed E-state index contributed by atoms with van der Waals surface area (Å²) in [6.45, 7) is 5.01. The highest BCUT2D eigenvalue weighted by Gasteiger charge is 2.12. The maximum atomic E-state index is 9.55. The molecular weight excluding hydrogens is 655 g/mol. The highest BCUT2D eigenvalue weighted by Crippen LogP contribution is 2.33. The van der Waals surface area contributed by atoms with Crippen LogP contribution in [0.15, 0.2) is 84.9 Å². The van der Waals surface area contributed by atoms with E-state index in [1.165, 1.54) is 0 Å². The number of rotatable bonds is 10. The summed E-state index contributed by atoms with van der Waals surface area (Å²) in [7, 11) is 0. The summed E-state index contributed by atoms with van der Waals surface area (Å²) < 4.78 is 11.8. The smallest absolute Gasteiger partial charge is 0.328 e. The second-order valence-corrected chi connectivity index (χ2v) is 10.5. The lowest BCUT2D eigenvalue weighted by molar-refractivity contribution is -0.134. The first-order chi connectivity index (χ1) is 23.0. The zero-order valence-electron chi connectivity index (χ0n) is 26.2. The third-order valence-electron chi connectivity index (χ3n) is 6.54. The molecule has 0 aliphatic carbocycles. The second kappa shape index (κ2) is 20.0. The topological polar surface area (TPSA) is 193 Å². The molecule has 0 radical (unpaired) electrons. The van der Waals surface area contributed by atoms with Crippen LogP contribution in [0.25, 0.3) is 0 Å². The molecule has 0 fully saturated rings. The van der Waals surface area contributed by atoms with Gasteiger partial charge in [0, 0.05) is 47.4 Å². The molecule has 0 bridgehead atoms. The maximum Gasteiger partial charge on any atom is 0.328 e. The van der Waals surface area contributed by atoms with Crippen LogP contribution in [0.4, 0.5) is 0 Å². The van der Waals surface area contributed by atoms with Crippen molar-refractivity contribution in [3.63, 3.8) is 0 Å². The van der Waals surface area contributed by atoms with Gasteiger partial charge in [-0.1, -0.05) is 61.3 Å². The van der Waals surface area contributed by atoms with Crippen molar-refractivity contribution in [1.82, 2.24) is 0 Å². The zero-order valence-corrected chi connectivity index (χ0v) is 27.8. The lowest BCUT2D eigenvalue weighted by Gasteiger charge is -2.14. The predicted octanol–water partition coefficient (Wildman–Crippen LogP) is 7.76. The normalized spacial score (nSPS) is 10.0. The Kier molecular flexibility index (Phi) is 16.2. The molecule has 0 saturated heterocycles. The molecule has 0 atom stereocenters. The minimum absolute atomic E-state index is 0.453. The third-order valence-corrected chi connectivity index (χ3v) is 7.01. The van der Waals surface area contributed by atoms with Crippen molar-refractivity contribution >= 4 is 35.1 Å². The highest BCUT2D eigenvalue weighted by molar-refractivity contribution is 6.31. The largest absolute Gasteiger partial charge is 0.478 e. The number of nitrogens with zero attached hydrogens (tertiary/aromatic N) is 2. The number of ether oxygens (including phenoxy) is 2. The number of carboxylic acids is 2. The van der Waals surface area contributed by atoms with Crippen molar-refractivity contribution in [3.8, 4) is 35.1 Å². The predicted molar refractivity (Wildman–Crippen MR) is 184 cm³/mol. The molecule has 0 saturated carbocycles. The van der Waals surface area contributed by atoms with Crippen LogP contribution in [0, 0.1) is 22.7 Å². The Hall–Kier alpha value is -5.36. The average Bonchev–Trinajstić information content (AvgIpc) is 3.08. The molecule has 4 rings (SSSR count). The quantitative estimate of drug-likeness (QED) is 0.120. The van der Waals surface area contributed by atoms with E-state index in [2.05, 4.69) is 12.1 Å². The van der Waals surface area contributed by atoms with E-state index in [1.807, 2.05) is 50.2 Å². The van der Waals surface area contributed by atoms with E-state index in [-0.39, 0.29) is 0 Å². The lowest BCUT2D eigenvalue weighted by Crippen LogP contribution is -2.03. The summed E-state index contributed by atoms with van der Waals surface area (Å²) >= 11 is 11.9. The summed E-state index contributed by atoms with van der Waals surface area (Å²) in [6.07, 6.45) is 2.74. The number of carboxylic acid groups (broad SMARTS) is 2. The highest BCUT2D eigenvalue weighted by atomic mass is 35.5. The Morgan fingerprint density at radius 1 is 0.688 bits per heavy atom. The Balaban J connectivity index is 0.000000274. The van der Waals surface area contributed by atoms with Gasteiger partial charge in [-0.15, -0.1) is 0 Å². The molecule has 0 aliphatic rings. The molecule has 0 amide bonds. The molecule has 10 nitrogen and oxygen atoms in total. The van der Waals surface area contributed by atoms with Gasteiger partial charge < -0.3 is 31.2 Å². The second-order valence-electron chi connectivity index (χ2n) is 9.62. The first kappa shape index (κ1) is 38.8. The fourth-order valence-electron chi connectivity index (χ4n) is 4.32. The molecule has 248 valence electrons. The van der Waals surface area contributed by atoms with Crippen molar-refractivity contribution in [1.29, 1.82) is 10.5 Å². The van der Waals surface area contributed by atoms with Crippen LogP contribution in [-0.2, 0) is 35.5 Å². The van der Waals surface area contributed by atoms with Crippen LogP contribution < -0.4 is 20.9 Å². The van der Waals surface area contributed by atoms with Gasteiger partial charge in [-0.2, -0.15) is 10.5 Å². The summed E-state index contributed by atoms with van der Waals surface area (Å²) in [4.78, 5) is 19.1. The van der Waals surface area contributed by atoms with Gasteiger partial charge >= 0.3 is 11.9 Å². The van der Waals surface area contributed by atoms with Crippen LogP contribution in [0.1, 0.15) is 47.2 Å². The van der Waals surface area contributed by atoms with Crippen LogP contribution in [0.3, 0.4) is 0 Å².